The van der Waals surface area contributed by atoms with Crippen LogP contribution < -0.4 is 10.2 Å². The van der Waals surface area contributed by atoms with Crippen molar-refractivity contribution in [3.05, 3.63) is 62.1 Å². The third kappa shape index (κ3) is 5.13. The zero-order valence-corrected chi connectivity index (χ0v) is 15.3. The van der Waals surface area contributed by atoms with Gasteiger partial charge in [0.05, 0.1) is 11.2 Å². The van der Waals surface area contributed by atoms with Crippen LogP contribution in [0.15, 0.2) is 35.4 Å². The Morgan fingerprint density at radius 2 is 1.83 bits per heavy atom. The molecule has 0 unspecified atom stereocenters. The lowest BCUT2D eigenvalue weighted by Gasteiger charge is -2.09. The van der Waals surface area contributed by atoms with E-state index in [1.54, 1.807) is 30.3 Å². The smallest absolute Gasteiger partial charge is 0.277 e. The number of hydrogen-bond acceptors (Lipinski definition) is 3. The van der Waals surface area contributed by atoms with Gasteiger partial charge in [0.2, 0.25) is 0 Å². The van der Waals surface area contributed by atoms with Gasteiger partial charge in [0.1, 0.15) is 5.75 Å². The lowest BCUT2D eigenvalue weighted by Crippen LogP contribution is -2.24. The summed E-state index contributed by atoms with van der Waals surface area (Å²) in [5, 5.41) is 5.51. The second-order valence-electron chi connectivity index (χ2n) is 5.12. The molecule has 0 aliphatic carbocycles. The molecule has 0 radical (unpaired) electrons. The highest BCUT2D eigenvalue weighted by Crippen LogP contribution is 2.25. The molecule has 0 bridgehead atoms. The molecule has 24 heavy (non-hydrogen) atoms. The number of carbonyl (C=O) groups excluding carboxylic acids is 1. The van der Waals surface area contributed by atoms with Gasteiger partial charge in [-0.25, -0.2) is 5.43 Å². The average molecular weight is 386 g/mol. The van der Waals surface area contributed by atoms with E-state index in [0.717, 1.165) is 11.1 Å². The first-order valence-electron chi connectivity index (χ1n) is 7.03. The Bertz CT molecular complexity index is 768. The summed E-state index contributed by atoms with van der Waals surface area (Å²) in [7, 11) is 0. The number of ether oxygens (including phenoxy) is 1. The summed E-state index contributed by atoms with van der Waals surface area (Å²) in [6.45, 7) is 3.59. The molecule has 0 aromatic heterocycles. The van der Waals surface area contributed by atoms with E-state index < -0.39 is 0 Å². The van der Waals surface area contributed by atoms with E-state index in [9.17, 15) is 4.79 Å². The van der Waals surface area contributed by atoms with E-state index in [-0.39, 0.29) is 12.5 Å². The van der Waals surface area contributed by atoms with Crippen LogP contribution in [0.25, 0.3) is 0 Å². The molecule has 0 heterocycles. The zero-order valence-electron chi connectivity index (χ0n) is 13.1. The Morgan fingerprint density at radius 1 is 1.17 bits per heavy atom. The van der Waals surface area contributed by atoms with Crippen LogP contribution in [0.4, 0.5) is 0 Å². The predicted octanol–water partition coefficient (Wildman–Crippen LogP) is 4.79. The van der Waals surface area contributed by atoms with Crippen molar-refractivity contribution in [3.8, 4) is 5.75 Å². The molecule has 2 rings (SSSR count). The maximum atomic E-state index is 11.8. The molecule has 1 amide bonds. The highest BCUT2D eigenvalue weighted by Gasteiger charge is 2.06. The van der Waals surface area contributed by atoms with E-state index in [0.29, 0.717) is 26.4 Å². The van der Waals surface area contributed by atoms with Crippen LogP contribution in [0.2, 0.25) is 15.1 Å². The minimum Gasteiger partial charge on any atom is -0.484 e. The molecule has 0 aliphatic heterocycles. The fourth-order valence-corrected chi connectivity index (χ4v) is 2.52. The maximum Gasteiger partial charge on any atom is 0.277 e. The van der Waals surface area contributed by atoms with Gasteiger partial charge in [-0.2, -0.15) is 5.10 Å². The Hall–Kier alpha value is -1.75. The maximum absolute atomic E-state index is 11.8. The van der Waals surface area contributed by atoms with Crippen LogP contribution in [0.1, 0.15) is 16.7 Å². The number of hydrazone groups is 1. The van der Waals surface area contributed by atoms with Gasteiger partial charge < -0.3 is 4.74 Å². The summed E-state index contributed by atoms with van der Waals surface area (Å²) >= 11 is 17.9. The van der Waals surface area contributed by atoms with Gasteiger partial charge >= 0.3 is 0 Å². The molecule has 2 aromatic carbocycles. The molecule has 0 aliphatic rings. The van der Waals surface area contributed by atoms with Gasteiger partial charge in [0, 0.05) is 15.6 Å². The van der Waals surface area contributed by atoms with Crippen molar-refractivity contribution in [2.75, 3.05) is 6.61 Å². The van der Waals surface area contributed by atoms with E-state index in [2.05, 4.69) is 10.5 Å². The van der Waals surface area contributed by atoms with Crippen molar-refractivity contribution >= 4 is 46.9 Å². The standard InChI is InChI=1S/C17H15Cl3N2O2/c1-10-5-14(6-11(2)17(10)20)24-9-16(23)22-21-8-12-3-4-13(18)7-15(12)19/h3-8H,9H2,1-2H3,(H,22,23)/b21-8-. The first kappa shape index (κ1) is 18.6. The summed E-state index contributed by atoms with van der Waals surface area (Å²) in [4.78, 5) is 11.8. The second-order valence-corrected chi connectivity index (χ2v) is 6.34. The number of nitrogens with one attached hydrogen (secondary N) is 1. The van der Waals surface area contributed by atoms with Gasteiger partial charge in [-0.15, -0.1) is 0 Å². The lowest BCUT2D eigenvalue weighted by molar-refractivity contribution is -0.123. The van der Waals surface area contributed by atoms with Crippen molar-refractivity contribution in [2.45, 2.75) is 13.8 Å². The summed E-state index contributed by atoms with van der Waals surface area (Å²) in [6.07, 6.45) is 1.44. The Kier molecular flexibility index (Phi) is 6.49. The molecule has 0 fully saturated rings. The van der Waals surface area contributed by atoms with Crippen molar-refractivity contribution < 1.29 is 9.53 Å². The van der Waals surface area contributed by atoms with Crippen LogP contribution in [-0.4, -0.2) is 18.7 Å². The number of halogens is 3. The molecule has 0 spiro atoms. The van der Waals surface area contributed by atoms with E-state index in [1.165, 1.54) is 6.21 Å². The summed E-state index contributed by atoms with van der Waals surface area (Å²) in [5.74, 6) is 0.191. The Morgan fingerprint density at radius 3 is 2.46 bits per heavy atom. The number of hydrogen-bond donors (Lipinski definition) is 1. The van der Waals surface area contributed by atoms with Crippen LogP contribution in [0.5, 0.6) is 5.75 Å². The molecular formula is C17H15Cl3N2O2. The molecule has 4 nitrogen and oxygen atoms in total. The van der Waals surface area contributed by atoms with Crippen molar-refractivity contribution in [2.24, 2.45) is 5.10 Å². The number of amides is 1. The minimum atomic E-state index is -0.387. The molecule has 1 N–H and O–H groups in total. The molecular weight excluding hydrogens is 371 g/mol. The Labute approximate surface area is 155 Å². The first-order chi connectivity index (χ1) is 11.4. The lowest BCUT2D eigenvalue weighted by atomic mass is 10.1. The molecule has 2 aromatic rings. The van der Waals surface area contributed by atoms with Gasteiger partial charge in [0.15, 0.2) is 6.61 Å². The van der Waals surface area contributed by atoms with Gasteiger partial charge in [-0.3, -0.25) is 4.79 Å². The largest absolute Gasteiger partial charge is 0.484 e. The number of nitrogens with zero attached hydrogens (tertiary/aromatic N) is 1. The Balaban J connectivity index is 1.88. The SMILES string of the molecule is Cc1cc(OCC(=O)N/N=C\c2ccc(Cl)cc2Cl)cc(C)c1Cl. The fourth-order valence-electron chi connectivity index (χ4n) is 1.95. The highest BCUT2D eigenvalue weighted by molar-refractivity contribution is 6.36. The topological polar surface area (TPSA) is 50.7 Å². The second kappa shape index (κ2) is 8.38. The quantitative estimate of drug-likeness (QED) is 0.594. The van der Waals surface area contributed by atoms with Crippen LogP contribution in [0.3, 0.4) is 0 Å². The minimum absolute atomic E-state index is 0.161. The van der Waals surface area contributed by atoms with E-state index >= 15 is 0 Å². The average Bonchev–Trinajstić information content (AvgIpc) is 2.52. The monoisotopic (exact) mass is 384 g/mol. The summed E-state index contributed by atoms with van der Waals surface area (Å²) in [5.41, 5.74) is 4.80. The van der Waals surface area contributed by atoms with Crippen molar-refractivity contribution in [3.63, 3.8) is 0 Å². The fraction of sp³-hybridized carbons (Fsp3) is 0.176. The van der Waals surface area contributed by atoms with E-state index in [4.69, 9.17) is 39.5 Å². The first-order valence-corrected chi connectivity index (χ1v) is 8.16. The van der Waals surface area contributed by atoms with Crippen molar-refractivity contribution in [1.82, 2.24) is 5.43 Å². The van der Waals surface area contributed by atoms with Crippen LogP contribution in [-0.2, 0) is 4.79 Å². The van der Waals surface area contributed by atoms with Crippen molar-refractivity contribution in [1.29, 1.82) is 0 Å². The zero-order chi connectivity index (χ0) is 17.7. The van der Waals surface area contributed by atoms with Gasteiger partial charge in [0.25, 0.3) is 5.91 Å². The highest BCUT2D eigenvalue weighted by atomic mass is 35.5. The number of aryl methyl sites for hydroxylation is 2. The number of rotatable bonds is 5. The third-order valence-electron chi connectivity index (χ3n) is 3.14. The van der Waals surface area contributed by atoms with E-state index in [1.807, 2.05) is 13.8 Å². The molecule has 7 heteroatoms. The molecule has 0 saturated heterocycles. The van der Waals surface area contributed by atoms with Crippen LogP contribution >= 0.6 is 34.8 Å². The van der Waals surface area contributed by atoms with Crippen LogP contribution in [0, 0.1) is 13.8 Å². The summed E-state index contributed by atoms with van der Waals surface area (Å²) < 4.78 is 5.44. The molecule has 126 valence electrons. The van der Waals surface area contributed by atoms with Gasteiger partial charge in [-0.1, -0.05) is 40.9 Å². The number of benzene rings is 2. The van der Waals surface area contributed by atoms with Gasteiger partial charge in [-0.05, 0) is 49.2 Å². The normalized spacial score (nSPS) is 10.9. The third-order valence-corrected chi connectivity index (χ3v) is 4.29. The molecule has 0 saturated carbocycles. The number of carbonyl (C=O) groups is 1. The predicted molar refractivity (Wildman–Crippen MR) is 98.6 cm³/mol. The summed E-state index contributed by atoms with van der Waals surface area (Å²) in [6, 6.07) is 8.54. The molecule has 0 atom stereocenters.